The fourth-order valence-electron chi connectivity index (χ4n) is 3.11. The summed E-state index contributed by atoms with van der Waals surface area (Å²) in [5.41, 5.74) is 6.78. The second-order valence-corrected chi connectivity index (χ2v) is 6.54. The Hall–Kier alpha value is -3.19. The van der Waals surface area contributed by atoms with E-state index < -0.39 is 0 Å². The molecule has 7 heteroatoms. The molecule has 7 nitrogen and oxygen atoms in total. The van der Waals surface area contributed by atoms with Gasteiger partial charge in [0.25, 0.3) is 5.91 Å². The van der Waals surface area contributed by atoms with Crippen LogP contribution in [0.15, 0.2) is 47.6 Å². The molecule has 0 fully saturated rings. The number of anilines is 1. The van der Waals surface area contributed by atoms with Crippen LogP contribution < -0.4 is 10.3 Å². The summed E-state index contributed by atoms with van der Waals surface area (Å²) in [6.45, 7) is 5.55. The zero-order chi connectivity index (χ0) is 20.1. The maximum absolute atomic E-state index is 12.4. The Morgan fingerprint density at radius 1 is 1.29 bits per heavy atom. The third-order valence-corrected chi connectivity index (χ3v) is 4.67. The fraction of sp³-hybridized carbons (Fsp3) is 0.286. The van der Waals surface area contributed by atoms with Crippen molar-refractivity contribution >= 4 is 28.8 Å². The summed E-state index contributed by atoms with van der Waals surface area (Å²) in [4.78, 5) is 18.8. The number of carbonyl (C=O) groups is 1. The van der Waals surface area contributed by atoms with Crippen LogP contribution in [-0.2, 0) is 6.54 Å². The Labute approximate surface area is 164 Å². The van der Waals surface area contributed by atoms with Crippen molar-refractivity contribution in [2.45, 2.75) is 20.4 Å². The lowest BCUT2D eigenvalue weighted by atomic mass is 10.2. The molecule has 1 heterocycles. The van der Waals surface area contributed by atoms with Gasteiger partial charge >= 0.3 is 0 Å². The number of carbonyl (C=O) groups excluding carboxylic acids is 1. The van der Waals surface area contributed by atoms with Crippen molar-refractivity contribution in [1.82, 2.24) is 15.0 Å². The highest BCUT2D eigenvalue weighted by Gasteiger charge is 2.10. The summed E-state index contributed by atoms with van der Waals surface area (Å²) >= 11 is 0. The van der Waals surface area contributed by atoms with Crippen LogP contribution in [-0.4, -0.2) is 47.0 Å². The van der Waals surface area contributed by atoms with Gasteiger partial charge in [0, 0.05) is 31.4 Å². The standard InChI is InChI=1S/C21H25N5O2/c1-4-26-15(2)23-19-13-17(7-10-20(19)26)21(28)24-22-14-16-5-8-18(9-6-16)25(3)11-12-27/h5-10,13-14,27H,4,11-12H2,1-3H3,(H,24,28)/b22-14-. The van der Waals surface area contributed by atoms with E-state index in [1.54, 1.807) is 18.3 Å². The average molecular weight is 379 g/mol. The number of imidazole rings is 1. The first-order valence-corrected chi connectivity index (χ1v) is 9.26. The number of likely N-dealkylation sites (N-methyl/N-ethyl adjacent to an activating group) is 1. The first-order chi connectivity index (χ1) is 13.5. The van der Waals surface area contributed by atoms with E-state index in [-0.39, 0.29) is 12.5 Å². The van der Waals surface area contributed by atoms with Crippen LogP contribution in [0, 0.1) is 6.92 Å². The number of aliphatic hydroxyl groups is 1. The third kappa shape index (κ3) is 4.20. The van der Waals surface area contributed by atoms with Crippen molar-refractivity contribution in [2.75, 3.05) is 25.1 Å². The average Bonchev–Trinajstić information content (AvgIpc) is 3.02. The van der Waals surface area contributed by atoms with Crippen LogP contribution in [0.25, 0.3) is 11.0 Å². The molecule has 0 aliphatic heterocycles. The number of amides is 1. The number of nitrogens with one attached hydrogen (secondary N) is 1. The minimum absolute atomic E-state index is 0.107. The Kier molecular flexibility index (Phi) is 6.06. The number of rotatable bonds is 7. The van der Waals surface area contributed by atoms with Gasteiger partial charge < -0.3 is 14.6 Å². The van der Waals surface area contributed by atoms with E-state index in [0.717, 1.165) is 34.7 Å². The van der Waals surface area contributed by atoms with Crippen molar-refractivity contribution in [3.63, 3.8) is 0 Å². The molecule has 0 aliphatic rings. The van der Waals surface area contributed by atoms with Gasteiger partial charge in [-0.3, -0.25) is 4.79 Å². The highest BCUT2D eigenvalue weighted by molar-refractivity contribution is 5.98. The lowest BCUT2D eigenvalue weighted by Gasteiger charge is -2.17. The van der Waals surface area contributed by atoms with Crippen LogP contribution in [0.1, 0.15) is 28.7 Å². The van der Waals surface area contributed by atoms with Gasteiger partial charge in [-0.1, -0.05) is 12.1 Å². The van der Waals surface area contributed by atoms with Gasteiger partial charge in [0.15, 0.2) is 0 Å². The quantitative estimate of drug-likeness (QED) is 0.488. The highest BCUT2D eigenvalue weighted by atomic mass is 16.3. The number of aliphatic hydroxyl groups excluding tert-OH is 1. The molecular weight excluding hydrogens is 354 g/mol. The number of hydrogen-bond donors (Lipinski definition) is 2. The number of aryl methyl sites for hydroxylation is 2. The molecule has 0 atom stereocenters. The van der Waals surface area contributed by atoms with Gasteiger partial charge in [-0.15, -0.1) is 0 Å². The van der Waals surface area contributed by atoms with Crippen molar-refractivity contribution in [3.8, 4) is 0 Å². The van der Waals surface area contributed by atoms with Crippen LogP contribution in [0.4, 0.5) is 5.69 Å². The lowest BCUT2D eigenvalue weighted by Crippen LogP contribution is -2.20. The summed E-state index contributed by atoms with van der Waals surface area (Å²) in [5.74, 6) is 0.655. The van der Waals surface area contributed by atoms with E-state index in [9.17, 15) is 4.79 Å². The molecule has 1 amide bonds. The van der Waals surface area contributed by atoms with E-state index in [4.69, 9.17) is 5.11 Å². The first-order valence-electron chi connectivity index (χ1n) is 9.26. The normalized spacial score (nSPS) is 11.3. The molecule has 2 N–H and O–H groups in total. The van der Waals surface area contributed by atoms with E-state index >= 15 is 0 Å². The number of nitrogens with zero attached hydrogens (tertiary/aromatic N) is 4. The maximum atomic E-state index is 12.4. The lowest BCUT2D eigenvalue weighted by molar-refractivity contribution is 0.0955. The molecule has 3 aromatic rings. The van der Waals surface area contributed by atoms with Gasteiger partial charge in [0.05, 0.1) is 23.9 Å². The highest BCUT2D eigenvalue weighted by Crippen LogP contribution is 2.18. The number of hydrazone groups is 1. The van der Waals surface area contributed by atoms with E-state index in [0.29, 0.717) is 12.1 Å². The van der Waals surface area contributed by atoms with E-state index in [1.807, 2.05) is 49.2 Å². The minimum Gasteiger partial charge on any atom is -0.395 e. The second-order valence-electron chi connectivity index (χ2n) is 6.54. The van der Waals surface area contributed by atoms with Crippen molar-refractivity contribution < 1.29 is 9.90 Å². The molecule has 0 saturated heterocycles. The molecule has 2 aromatic carbocycles. The van der Waals surface area contributed by atoms with Gasteiger partial charge in [-0.2, -0.15) is 5.10 Å². The number of fused-ring (bicyclic) bond motifs is 1. The van der Waals surface area contributed by atoms with Gasteiger partial charge in [0.1, 0.15) is 5.82 Å². The zero-order valence-corrected chi connectivity index (χ0v) is 16.4. The Balaban J connectivity index is 1.65. The molecule has 0 unspecified atom stereocenters. The Bertz CT molecular complexity index is 992. The zero-order valence-electron chi connectivity index (χ0n) is 16.4. The summed E-state index contributed by atoms with van der Waals surface area (Å²) in [7, 11) is 1.92. The van der Waals surface area contributed by atoms with Crippen molar-refractivity contribution in [1.29, 1.82) is 0 Å². The predicted molar refractivity (Wildman–Crippen MR) is 112 cm³/mol. The van der Waals surface area contributed by atoms with Crippen molar-refractivity contribution in [2.24, 2.45) is 5.10 Å². The molecule has 146 valence electrons. The molecule has 28 heavy (non-hydrogen) atoms. The summed E-state index contributed by atoms with van der Waals surface area (Å²) < 4.78 is 2.11. The molecule has 0 bridgehead atoms. The predicted octanol–water partition coefficient (Wildman–Crippen LogP) is 2.56. The van der Waals surface area contributed by atoms with E-state index in [2.05, 4.69) is 27.0 Å². The summed E-state index contributed by atoms with van der Waals surface area (Å²) in [6.07, 6.45) is 1.60. The molecule has 0 radical (unpaired) electrons. The Morgan fingerprint density at radius 3 is 2.71 bits per heavy atom. The largest absolute Gasteiger partial charge is 0.395 e. The van der Waals surface area contributed by atoms with Crippen molar-refractivity contribution in [3.05, 3.63) is 59.4 Å². The first kappa shape index (κ1) is 19.6. The molecule has 0 spiro atoms. The molecule has 1 aromatic heterocycles. The minimum atomic E-state index is -0.277. The van der Waals surface area contributed by atoms with E-state index in [1.165, 1.54) is 0 Å². The van der Waals surface area contributed by atoms with Crippen LogP contribution in [0.5, 0.6) is 0 Å². The topological polar surface area (TPSA) is 82.8 Å². The monoisotopic (exact) mass is 379 g/mol. The van der Waals surface area contributed by atoms with Crippen LogP contribution >= 0.6 is 0 Å². The molecule has 3 rings (SSSR count). The maximum Gasteiger partial charge on any atom is 0.271 e. The smallest absolute Gasteiger partial charge is 0.271 e. The summed E-state index contributed by atoms with van der Waals surface area (Å²) in [6, 6.07) is 13.2. The molecular formula is C21H25N5O2. The summed E-state index contributed by atoms with van der Waals surface area (Å²) in [5, 5.41) is 13.0. The van der Waals surface area contributed by atoms with Crippen LogP contribution in [0.3, 0.4) is 0 Å². The SMILES string of the molecule is CCn1c(C)nc2cc(C(=O)N/N=C\c3ccc(N(C)CCO)cc3)ccc21. The third-order valence-electron chi connectivity index (χ3n) is 4.67. The fourth-order valence-corrected chi connectivity index (χ4v) is 3.11. The number of hydrogen-bond acceptors (Lipinski definition) is 5. The van der Waals surface area contributed by atoms with Crippen LogP contribution in [0.2, 0.25) is 0 Å². The molecule has 0 saturated carbocycles. The van der Waals surface area contributed by atoms with Gasteiger partial charge in [0.2, 0.25) is 0 Å². The van der Waals surface area contributed by atoms with Gasteiger partial charge in [-0.05, 0) is 49.7 Å². The van der Waals surface area contributed by atoms with Gasteiger partial charge in [-0.25, -0.2) is 10.4 Å². The number of benzene rings is 2. The Morgan fingerprint density at radius 2 is 2.04 bits per heavy atom. The second kappa shape index (κ2) is 8.67. The number of aromatic nitrogens is 2. The molecule has 0 aliphatic carbocycles.